The lowest BCUT2D eigenvalue weighted by Gasteiger charge is -2.40. The molecule has 3 N–H and O–H groups in total. The van der Waals surface area contributed by atoms with Crippen LogP contribution in [0.3, 0.4) is 0 Å². The number of fused-ring (bicyclic) bond motifs is 2. The third-order valence-electron chi connectivity index (χ3n) is 7.20. The number of hydrogen-bond acceptors (Lipinski definition) is 2. The first-order chi connectivity index (χ1) is 9.34. The summed E-state index contributed by atoms with van der Waals surface area (Å²) in [7, 11) is 0. The first-order valence-corrected chi connectivity index (χ1v) is 8.40. The smallest absolute Gasteiger partial charge is 0.223 e. The maximum absolute atomic E-state index is 12.6. The average Bonchev–Trinajstić information content (AvgIpc) is 2.72. The zero-order chi connectivity index (χ0) is 14.5. The van der Waals surface area contributed by atoms with Crippen molar-refractivity contribution in [2.45, 2.75) is 77.8 Å². The van der Waals surface area contributed by atoms with Gasteiger partial charge in [0.15, 0.2) is 0 Å². The van der Waals surface area contributed by atoms with Gasteiger partial charge < -0.3 is 11.1 Å². The van der Waals surface area contributed by atoms with Gasteiger partial charge in [-0.3, -0.25) is 4.79 Å². The van der Waals surface area contributed by atoms with Crippen LogP contribution in [0.15, 0.2) is 0 Å². The fourth-order valence-electron chi connectivity index (χ4n) is 5.18. The third kappa shape index (κ3) is 2.01. The summed E-state index contributed by atoms with van der Waals surface area (Å²) in [6.07, 6.45) is 7.87. The molecule has 3 aliphatic rings. The lowest BCUT2D eigenvalue weighted by atomic mass is 9.69. The Morgan fingerprint density at radius 2 is 1.90 bits per heavy atom. The minimum Gasteiger partial charge on any atom is -0.353 e. The molecule has 0 aromatic rings. The molecular formula is C17H30N2O. The SMILES string of the molecule is CC1(C)C2CCC1(C)C(NC(=O)C1CCCC(N)C1)C2. The Balaban J connectivity index is 1.66. The number of rotatable bonds is 2. The molecule has 0 heterocycles. The van der Waals surface area contributed by atoms with Crippen molar-refractivity contribution in [3.8, 4) is 0 Å². The van der Waals surface area contributed by atoms with Crippen LogP contribution < -0.4 is 11.1 Å². The first kappa shape index (κ1) is 14.4. The van der Waals surface area contributed by atoms with Gasteiger partial charge in [-0.2, -0.15) is 0 Å². The van der Waals surface area contributed by atoms with Gasteiger partial charge in [-0.25, -0.2) is 0 Å². The topological polar surface area (TPSA) is 55.1 Å². The maximum Gasteiger partial charge on any atom is 0.223 e. The standard InChI is InChI=1S/C17H30N2O/c1-16(2)12-7-8-17(16,3)14(10-12)19-15(20)11-5-4-6-13(18)9-11/h11-14H,4-10,18H2,1-3H3,(H,19,20). The summed E-state index contributed by atoms with van der Waals surface area (Å²) in [4.78, 5) is 12.6. The Kier molecular flexibility index (Phi) is 3.39. The molecule has 3 fully saturated rings. The van der Waals surface area contributed by atoms with E-state index in [1.165, 1.54) is 19.3 Å². The predicted molar refractivity (Wildman–Crippen MR) is 81.1 cm³/mol. The van der Waals surface area contributed by atoms with Crippen molar-refractivity contribution in [3.05, 3.63) is 0 Å². The molecule has 3 aliphatic carbocycles. The Labute approximate surface area is 123 Å². The van der Waals surface area contributed by atoms with E-state index in [9.17, 15) is 4.79 Å². The van der Waals surface area contributed by atoms with Gasteiger partial charge in [-0.1, -0.05) is 27.2 Å². The Hall–Kier alpha value is -0.570. The maximum atomic E-state index is 12.6. The molecule has 114 valence electrons. The van der Waals surface area contributed by atoms with E-state index in [1.54, 1.807) is 0 Å². The Morgan fingerprint density at radius 1 is 1.15 bits per heavy atom. The van der Waals surface area contributed by atoms with Crippen LogP contribution in [0.2, 0.25) is 0 Å². The van der Waals surface area contributed by atoms with Gasteiger partial charge in [-0.05, 0) is 55.3 Å². The molecule has 1 amide bonds. The molecule has 3 nitrogen and oxygen atoms in total. The van der Waals surface area contributed by atoms with E-state index >= 15 is 0 Å². The average molecular weight is 278 g/mol. The molecule has 5 unspecified atom stereocenters. The van der Waals surface area contributed by atoms with E-state index in [-0.39, 0.29) is 23.3 Å². The lowest BCUT2D eigenvalue weighted by molar-refractivity contribution is -0.127. The highest BCUT2D eigenvalue weighted by Crippen LogP contribution is 2.65. The van der Waals surface area contributed by atoms with Crippen LogP contribution in [-0.2, 0) is 4.79 Å². The molecule has 0 saturated heterocycles. The molecule has 3 rings (SSSR count). The van der Waals surface area contributed by atoms with Crippen molar-refractivity contribution >= 4 is 5.91 Å². The molecule has 0 radical (unpaired) electrons. The summed E-state index contributed by atoms with van der Waals surface area (Å²) in [6.45, 7) is 7.18. The summed E-state index contributed by atoms with van der Waals surface area (Å²) < 4.78 is 0. The van der Waals surface area contributed by atoms with Crippen molar-refractivity contribution in [2.75, 3.05) is 0 Å². The summed E-state index contributed by atoms with van der Waals surface area (Å²) in [6, 6.07) is 0.605. The zero-order valence-electron chi connectivity index (χ0n) is 13.2. The highest BCUT2D eigenvalue weighted by Gasteiger charge is 2.61. The number of carbonyl (C=O) groups excluding carboxylic acids is 1. The van der Waals surface area contributed by atoms with Crippen molar-refractivity contribution in [2.24, 2.45) is 28.4 Å². The summed E-state index contributed by atoms with van der Waals surface area (Å²) in [5.74, 6) is 1.21. The fourth-order valence-corrected chi connectivity index (χ4v) is 5.18. The molecule has 5 atom stereocenters. The van der Waals surface area contributed by atoms with E-state index in [4.69, 9.17) is 5.73 Å². The van der Waals surface area contributed by atoms with Crippen molar-refractivity contribution in [1.29, 1.82) is 0 Å². The van der Waals surface area contributed by atoms with Gasteiger partial charge in [-0.15, -0.1) is 0 Å². The number of amides is 1. The number of hydrogen-bond donors (Lipinski definition) is 2. The molecule has 0 aromatic heterocycles. The predicted octanol–water partition coefficient (Wildman–Crippen LogP) is 2.83. The second-order valence-electron chi connectivity index (χ2n) is 8.30. The number of nitrogens with two attached hydrogens (primary N) is 1. The van der Waals surface area contributed by atoms with E-state index in [2.05, 4.69) is 26.1 Å². The van der Waals surface area contributed by atoms with E-state index in [0.29, 0.717) is 11.5 Å². The molecule has 3 saturated carbocycles. The van der Waals surface area contributed by atoms with Gasteiger partial charge in [0.25, 0.3) is 0 Å². The Bertz CT molecular complexity index is 406. The van der Waals surface area contributed by atoms with Gasteiger partial charge in [0.2, 0.25) is 5.91 Å². The minimum atomic E-state index is 0.157. The first-order valence-electron chi connectivity index (χ1n) is 8.40. The van der Waals surface area contributed by atoms with Gasteiger partial charge in [0.05, 0.1) is 0 Å². The zero-order valence-corrected chi connectivity index (χ0v) is 13.2. The van der Waals surface area contributed by atoms with Crippen LogP contribution in [0.1, 0.15) is 65.7 Å². The van der Waals surface area contributed by atoms with Gasteiger partial charge >= 0.3 is 0 Å². The van der Waals surface area contributed by atoms with Gasteiger partial charge in [0, 0.05) is 18.0 Å². The molecule has 3 heteroatoms. The van der Waals surface area contributed by atoms with Crippen LogP contribution in [-0.4, -0.2) is 18.0 Å². The molecule has 0 aromatic carbocycles. The van der Waals surface area contributed by atoms with Crippen LogP contribution in [0, 0.1) is 22.7 Å². The number of nitrogens with one attached hydrogen (secondary N) is 1. The third-order valence-corrected chi connectivity index (χ3v) is 7.20. The van der Waals surface area contributed by atoms with E-state index in [0.717, 1.165) is 31.6 Å². The molecule has 0 aliphatic heterocycles. The normalized spacial score (nSPS) is 46.4. The van der Waals surface area contributed by atoms with Crippen LogP contribution in [0.4, 0.5) is 0 Å². The van der Waals surface area contributed by atoms with E-state index < -0.39 is 0 Å². The second kappa shape index (κ2) is 4.72. The van der Waals surface area contributed by atoms with Crippen molar-refractivity contribution in [3.63, 3.8) is 0 Å². The number of carbonyl (C=O) groups is 1. The molecule has 20 heavy (non-hydrogen) atoms. The monoisotopic (exact) mass is 278 g/mol. The fraction of sp³-hybridized carbons (Fsp3) is 0.941. The Morgan fingerprint density at radius 3 is 2.45 bits per heavy atom. The van der Waals surface area contributed by atoms with Crippen LogP contribution in [0.5, 0.6) is 0 Å². The van der Waals surface area contributed by atoms with Crippen molar-refractivity contribution < 1.29 is 4.79 Å². The lowest BCUT2D eigenvalue weighted by Crippen LogP contribution is -2.49. The quantitative estimate of drug-likeness (QED) is 0.816. The molecule has 0 spiro atoms. The molecular weight excluding hydrogens is 248 g/mol. The summed E-state index contributed by atoms with van der Waals surface area (Å²) in [5.41, 5.74) is 6.67. The molecule has 2 bridgehead atoms. The second-order valence-corrected chi connectivity index (χ2v) is 8.30. The van der Waals surface area contributed by atoms with E-state index in [1.807, 2.05) is 0 Å². The summed E-state index contributed by atoms with van der Waals surface area (Å²) in [5, 5.41) is 3.40. The van der Waals surface area contributed by atoms with Crippen molar-refractivity contribution in [1.82, 2.24) is 5.32 Å². The highest BCUT2D eigenvalue weighted by atomic mass is 16.2. The highest BCUT2D eigenvalue weighted by molar-refractivity contribution is 5.79. The summed E-state index contributed by atoms with van der Waals surface area (Å²) >= 11 is 0. The van der Waals surface area contributed by atoms with Crippen LogP contribution >= 0.6 is 0 Å². The minimum absolute atomic E-state index is 0.157. The largest absolute Gasteiger partial charge is 0.353 e. The van der Waals surface area contributed by atoms with Gasteiger partial charge in [0.1, 0.15) is 0 Å². The van der Waals surface area contributed by atoms with Crippen LogP contribution in [0.25, 0.3) is 0 Å².